The van der Waals surface area contributed by atoms with Crippen LogP contribution in [-0.4, -0.2) is 15.8 Å². The molecule has 0 aliphatic heterocycles. The van der Waals surface area contributed by atoms with Crippen molar-refractivity contribution in [3.8, 4) is 0 Å². The van der Waals surface area contributed by atoms with Crippen LogP contribution >= 0.6 is 7.82 Å². The van der Waals surface area contributed by atoms with Crippen molar-refractivity contribution in [2.75, 3.05) is 0 Å². The van der Waals surface area contributed by atoms with E-state index < -0.39 is 7.82 Å². The molecule has 4 N–H and O–H groups in total. The van der Waals surface area contributed by atoms with Gasteiger partial charge in [-0.3, -0.25) is 0 Å². The minimum absolute atomic E-state index is 0. The van der Waals surface area contributed by atoms with Crippen molar-refractivity contribution in [3.63, 3.8) is 0 Å². The second kappa shape index (κ2) is 12.8. The fraction of sp³-hybridized carbons (Fsp3) is 0. The van der Waals surface area contributed by atoms with E-state index in [9.17, 15) is 0 Å². The van der Waals surface area contributed by atoms with Gasteiger partial charge in [0.2, 0.25) is 0 Å². The van der Waals surface area contributed by atoms with E-state index in [1.807, 2.05) is 0 Å². The molecule has 0 aromatic heterocycles. The van der Waals surface area contributed by atoms with Crippen molar-refractivity contribution in [1.29, 1.82) is 0 Å². The zero-order chi connectivity index (χ0) is 4.50. The van der Waals surface area contributed by atoms with Gasteiger partial charge < -0.3 is 30.2 Å². The predicted molar refractivity (Wildman–Crippen MR) is 15.4 cm³/mol. The summed E-state index contributed by atoms with van der Waals surface area (Å²) in [6.45, 7) is 0. The molecule has 0 heterocycles. The molecule has 0 amide bonds. The monoisotopic (exact) mass is 226 g/mol. The van der Waals surface area contributed by atoms with Gasteiger partial charge in [0.25, 0.3) is 0 Å². The van der Waals surface area contributed by atoms with Crippen LogP contribution in [0.1, 0.15) is 0 Å². The average molecular weight is 226 g/mol. The first-order valence-corrected chi connectivity index (χ1v) is 2.24. The Hall–Kier alpha value is 2.19. The molecule has 0 aliphatic rings. The van der Waals surface area contributed by atoms with Crippen molar-refractivity contribution in [2.24, 2.45) is 0 Å². The van der Waals surface area contributed by atoms with Crippen LogP contribution in [0.4, 0.5) is 0 Å². The summed E-state index contributed by atoms with van der Waals surface area (Å²) in [5.41, 5.74) is 0. The van der Waals surface area contributed by atoms with Crippen LogP contribution in [0.15, 0.2) is 0 Å². The summed E-state index contributed by atoms with van der Waals surface area (Å²) in [5.74, 6) is 0. The molecule has 0 saturated heterocycles. The van der Waals surface area contributed by atoms with Crippen LogP contribution in [0, 0.1) is 0 Å². The second-order valence-electron chi connectivity index (χ2n) is 0.469. The van der Waals surface area contributed by atoms with E-state index >= 15 is 0 Å². The first-order valence-electron chi connectivity index (χ1n) is 0.748. The summed E-state index contributed by atoms with van der Waals surface area (Å²) in [5, 5.41) is 0. The molecule has 0 bridgehead atoms. The number of hydrogen-bond acceptors (Lipinski definition) is 4. The SMILES string of the molecule is O.O=P([O-])([O-])O.[Fe+2].[K+].[OH-]. The average Bonchev–Trinajstić information content (AvgIpc) is 0.722. The van der Waals surface area contributed by atoms with E-state index in [0.29, 0.717) is 0 Å². The number of rotatable bonds is 0. The zero-order valence-electron chi connectivity index (χ0n) is 4.42. The van der Waals surface area contributed by atoms with Crippen LogP contribution < -0.4 is 61.2 Å². The van der Waals surface area contributed by atoms with Gasteiger partial charge in [0, 0.05) is 0 Å². The van der Waals surface area contributed by atoms with Crippen LogP contribution in [0.2, 0.25) is 0 Å². The summed E-state index contributed by atoms with van der Waals surface area (Å²) in [4.78, 5) is 24.3. The van der Waals surface area contributed by atoms with Crippen LogP contribution in [-0.2, 0) is 21.6 Å². The fourth-order valence-electron chi connectivity index (χ4n) is 0. The minimum atomic E-state index is -5.14. The Labute approximate surface area is 105 Å². The molecule has 0 aromatic rings. The molecular weight excluding hydrogens is 222 g/mol. The van der Waals surface area contributed by atoms with Gasteiger partial charge >= 0.3 is 68.5 Å². The smallest absolute Gasteiger partial charge is 0.870 e. The maximum absolute atomic E-state index is 8.66. The maximum atomic E-state index is 8.66. The van der Waals surface area contributed by atoms with Gasteiger partial charge in [0.05, 0.1) is 7.82 Å². The van der Waals surface area contributed by atoms with Gasteiger partial charge in [0.1, 0.15) is 0 Å². The van der Waals surface area contributed by atoms with E-state index in [0.717, 1.165) is 0 Å². The molecule has 0 rings (SSSR count). The molecule has 0 aliphatic carbocycles. The summed E-state index contributed by atoms with van der Waals surface area (Å²) in [6, 6.07) is 0. The van der Waals surface area contributed by atoms with E-state index in [-0.39, 0.29) is 79.4 Å². The Bertz CT molecular complexity index is 59.2. The summed E-state index contributed by atoms with van der Waals surface area (Å²) in [6.07, 6.45) is 0. The van der Waals surface area contributed by atoms with E-state index in [4.69, 9.17) is 19.2 Å². The van der Waals surface area contributed by atoms with Crippen molar-refractivity contribution in [2.45, 2.75) is 0 Å². The Kier molecular flexibility index (Phi) is 43.2. The third kappa shape index (κ3) is 143. The third-order valence-electron chi connectivity index (χ3n) is 0. The minimum Gasteiger partial charge on any atom is -0.870 e. The first-order chi connectivity index (χ1) is 2.00. The van der Waals surface area contributed by atoms with E-state index in [1.165, 1.54) is 0 Å². The molecule has 0 unspecified atom stereocenters. The Morgan fingerprint density at radius 2 is 1.33 bits per heavy atom. The van der Waals surface area contributed by atoms with Crippen molar-refractivity contribution >= 4 is 7.82 Å². The van der Waals surface area contributed by atoms with Gasteiger partial charge in [-0.15, -0.1) is 0 Å². The fourth-order valence-corrected chi connectivity index (χ4v) is 0. The van der Waals surface area contributed by atoms with Gasteiger partial charge in [-0.05, 0) is 0 Å². The Balaban J connectivity index is -0.0000000133. The number of phosphoric acid groups is 1. The third-order valence-corrected chi connectivity index (χ3v) is 0. The largest absolute Gasteiger partial charge is 2.00 e. The van der Waals surface area contributed by atoms with Gasteiger partial charge in [0.15, 0.2) is 0 Å². The zero-order valence-corrected chi connectivity index (χ0v) is 9.54. The van der Waals surface area contributed by atoms with Crippen molar-refractivity contribution < 1.29 is 98.7 Å². The van der Waals surface area contributed by atoms with Gasteiger partial charge in [-0.2, -0.15) is 0 Å². The summed E-state index contributed by atoms with van der Waals surface area (Å²) < 4.78 is 8.66. The van der Waals surface area contributed by atoms with Gasteiger partial charge in [-0.1, -0.05) is 0 Å². The first kappa shape index (κ1) is 30.3. The Morgan fingerprint density at radius 3 is 1.33 bits per heavy atom. The second-order valence-corrected chi connectivity index (χ2v) is 1.41. The molecular formula is H4FeKO6P. The normalized spacial score (nSPS) is 6.56. The van der Waals surface area contributed by atoms with Gasteiger partial charge in [-0.25, -0.2) is 0 Å². The van der Waals surface area contributed by atoms with Crippen LogP contribution in [0.25, 0.3) is 0 Å². The van der Waals surface area contributed by atoms with Crippen molar-refractivity contribution in [1.82, 2.24) is 0 Å². The molecule has 9 heteroatoms. The van der Waals surface area contributed by atoms with E-state index in [2.05, 4.69) is 0 Å². The molecule has 0 aromatic carbocycles. The number of hydrogen-bond donors (Lipinski definition) is 1. The molecule has 54 valence electrons. The van der Waals surface area contributed by atoms with Crippen LogP contribution in [0.3, 0.4) is 0 Å². The van der Waals surface area contributed by atoms with Crippen LogP contribution in [0.5, 0.6) is 0 Å². The molecule has 9 heavy (non-hydrogen) atoms. The molecule has 0 radical (unpaired) electrons. The topological polar surface area (TPSA) is 145 Å². The molecule has 0 saturated carbocycles. The Morgan fingerprint density at radius 1 is 1.33 bits per heavy atom. The standard InChI is InChI=1S/Fe.K.H3O4P.2H2O/c;;1-5(2,3)4;;/h;;(H3,1,2,3,4);2*1H2/q+2;+1;;;/p-3. The maximum Gasteiger partial charge on any atom is 2.00 e. The molecule has 0 fully saturated rings. The molecule has 0 spiro atoms. The summed E-state index contributed by atoms with van der Waals surface area (Å²) in [7, 11) is -5.14. The predicted octanol–water partition coefficient (Wildman–Crippen LogP) is -6.19. The molecule has 0 atom stereocenters. The quantitative estimate of drug-likeness (QED) is 0.322. The molecule has 6 nitrogen and oxygen atoms in total. The van der Waals surface area contributed by atoms with E-state index in [1.54, 1.807) is 0 Å². The summed E-state index contributed by atoms with van der Waals surface area (Å²) >= 11 is 0. The van der Waals surface area contributed by atoms with Crippen molar-refractivity contribution in [3.05, 3.63) is 0 Å².